The molecule has 3 heterocycles. The number of carbonyl (C=O) groups excluding carboxylic acids is 1. The molecule has 0 saturated carbocycles. The molecule has 1 aromatic carbocycles. The van der Waals surface area contributed by atoms with E-state index in [9.17, 15) is 22.4 Å². The van der Waals surface area contributed by atoms with Gasteiger partial charge in [-0.15, -0.1) is 12.4 Å². The fourth-order valence-electron chi connectivity index (χ4n) is 3.03. The van der Waals surface area contributed by atoms with Gasteiger partial charge in [0, 0.05) is 36.6 Å². The maximum atomic E-state index is 14.5. The molecule has 1 aliphatic rings. The third kappa shape index (κ3) is 5.21. The first kappa shape index (κ1) is 23.6. The van der Waals surface area contributed by atoms with Crippen molar-refractivity contribution in [3.63, 3.8) is 0 Å². The van der Waals surface area contributed by atoms with E-state index in [1.54, 1.807) is 6.07 Å². The molecule has 1 unspecified atom stereocenters. The number of nitrogens with zero attached hydrogens (tertiary/aromatic N) is 4. The van der Waals surface area contributed by atoms with Gasteiger partial charge < -0.3 is 15.4 Å². The van der Waals surface area contributed by atoms with Gasteiger partial charge in [0.1, 0.15) is 17.8 Å². The summed E-state index contributed by atoms with van der Waals surface area (Å²) >= 11 is 0. The molecule has 32 heavy (non-hydrogen) atoms. The van der Waals surface area contributed by atoms with Crippen molar-refractivity contribution in [3.8, 4) is 5.82 Å². The maximum Gasteiger partial charge on any atom is 0.433 e. The number of benzene rings is 1. The summed E-state index contributed by atoms with van der Waals surface area (Å²) in [5.41, 5.74) is -0.491. The Balaban J connectivity index is 0.00000289. The highest BCUT2D eigenvalue weighted by molar-refractivity contribution is 6.04. The van der Waals surface area contributed by atoms with Crippen molar-refractivity contribution < 1.29 is 27.1 Å². The van der Waals surface area contributed by atoms with Gasteiger partial charge in [-0.3, -0.25) is 4.79 Å². The number of rotatable bonds is 4. The second-order valence-electron chi connectivity index (χ2n) is 6.69. The number of ether oxygens (including phenoxy) is 1. The van der Waals surface area contributed by atoms with Crippen molar-refractivity contribution >= 4 is 24.0 Å². The van der Waals surface area contributed by atoms with Crippen molar-refractivity contribution in [1.29, 1.82) is 0 Å². The Hall–Kier alpha value is -3.09. The highest BCUT2D eigenvalue weighted by Crippen LogP contribution is 2.28. The van der Waals surface area contributed by atoms with E-state index in [4.69, 9.17) is 4.74 Å². The molecule has 0 spiro atoms. The van der Waals surface area contributed by atoms with Gasteiger partial charge >= 0.3 is 6.18 Å². The Morgan fingerprint density at radius 3 is 2.75 bits per heavy atom. The number of hydrogen-bond donors (Lipinski definition) is 2. The lowest BCUT2D eigenvalue weighted by molar-refractivity contribution is -0.141. The summed E-state index contributed by atoms with van der Waals surface area (Å²) in [5.74, 6) is -1.29. The zero-order valence-corrected chi connectivity index (χ0v) is 17.1. The van der Waals surface area contributed by atoms with Crippen molar-refractivity contribution in [1.82, 2.24) is 25.1 Å². The number of alkyl halides is 3. The molecule has 1 fully saturated rings. The molecule has 3 aromatic rings. The lowest BCUT2D eigenvalue weighted by Crippen LogP contribution is -2.33. The summed E-state index contributed by atoms with van der Waals surface area (Å²) in [5, 5.41) is 9.51. The quantitative estimate of drug-likeness (QED) is 0.567. The third-order valence-corrected chi connectivity index (χ3v) is 4.56. The Labute approximate surface area is 185 Å². The SMILES string of the molecule is Cl.O=C(Nc1ccc(C2CNCCO2)c(F)c1)c1cnn(-c2cc(C(F)(F)F)ncn2)c1. The first-order valence-corrected chi connectivity index (χ1v) is 9.18. The van der Waals surface area contributed by atoms with E-state index in [2.05, 4.69) is 25.7 Å². The van der Waals surface area contributed by atoms with Crippen LogP contribution in [0.4, 0.5) is 23.2 Å². The second-order valence-corrected chi connectivity index (χ2v) is 6.69. The van der Waals surface area contributed by atoms with Crippen LogP contribution < -0.4 is 10.6 Å². The molecule has 1 amide bonds. The van der Waals surface area contributed by atoms with E-state index < -0.39 is 29.7 Å². The molecule has 1 atom stereocenters. The highest BCUT2D eigenvalue weighted by Gasteiger charge is 2.33. The first-order valence-electron chi connectivity index (χ1n) is 9.18. The van der Waals surface area contributed by atoms with Gasteiger partial charge in [0.05, 0.1) is 24.5 Å². The van der Waals surface area contributed by atoms with Crippen LogP contribution in [0.1, 0.15) is 27.7 Å². The summed E-state index contributed by atoms with van der Waals surface area (Å²) in [4.78, 5) is 19.4. The molecule has 8 nitrogen and oxygen atoms in total. The normalized spacial score (nSPS) is 16.3. The minimum Gasteiger partial charge on any atom is -0.371 e. The molecular weight excluding hydrogens is 456 g/mol. The van der Waals surface area contributed by atoms with Crippen molar-refractivity contribution in [2.45, 2.75) is 12.3 Å². The van der Waals surface area contributed by atoms with Crippen LogP contribution in [0.15, 0.2) is 43.0 Å². The molecule has 0 aliphatic carbocycles. The standard InChI is InChI=1S/C19H16F4N6O2.ClH/c20-14-5-12(1-2-13(14)15-8-24-3-4-31-15)28-18(30)11-7-27-29(9-11)17-6-16(19(21,22)23)25-10-26-17;/h1-2,5-7,9-10,15,24H,3-4,8H2,(H,28,30);1H. The minimum absolute atomic E-state index is 0. The lowest BCUT2D eigenvalue weighted by atomic mass is 10.1. The van der Waals surface area contributed by atoms with Crippen LogP contribution in [0.5, 0.6) is 0 Å². The van der Waals surface area contributed by atoms with Crippen LogP contribution in [0.25, 0.3) is 5.82 Å². The van der Waals surface area contributed by atoms with Gasteiger partial charge in [-0.2, -0.15) is 18.3 Å². The van der Waals surface area contributed by atoms with Gasteiger partial charge in [-0.05, 0) is 12.1 Å². The van der Waals surface area contributed by atoms with Crippen LogP contribution in [0, 0.1) is 5.82 Å². The van der Waals surface area contributed by atoms with Crippen LogP contribution in [-0.2, 0) is 10.9 Å². The first-order chi connectivity index (χ1) is 14.8. The van der Waals surface area contributed by atoms with E-state index in [1.807, 2.05) is 0 Å². The largest absolute Gasteiger partial charge is 0.433 e. The van der Waals surface area contributed by atoms with Gasteiger partial charge in [-0.25, -0.2) is 19.0 Å². The molecule has 0 radical (unpaired) electrons. The van der Waals surface area contributed by atoms with Crippen LogP contribution >= 0.6 is 12.4 Å². The molecule has 1 saturated heterocycles. The van der Waals surface area contributed by atoms with Crippen molar-refractivity contribution in [3.05, 3.63) is 65.6 Å². The summed E-state index contributed by atoms with van der Waals surface area (Å²) < 4.78 is 59.4. The van der Waals surface area contributed by atoms with Crippen LogP contribution in [-0.4, -0.2) is 45.4 Å². The number of hydrogen-bond acceptors (Lipinski definition) is 6. The summed E-state index contributed by atoms with van der Waals surface area (Å²) in [6.07, 6.45) is -1.91. The van der Waals surface area contributed by atoms with Gasteiger partial charge in [-0.1, -0.05) is 6.07 Å². The lowest BCUT2D eigenvalue weighted by Gasteiger charge is -2.24. The van der Waals surface area contributed by atoms with Gasteiger partial charge in [0.15, 0.2) is 5.82 Å². The molecular formula is C19H17ClF4N6O2. The van der Waals surface area contributed by atoms with Gasteiger partial charge in [0.25, 0.3) is 5.91 Å². The number of amides is 1. The fourth-order valence-corrected chi connectivity index (χ4v) is 3.03. The predicted octanol–water partition coefficient (Wildman–Crippen LogP) is 3.16. The summed E-state index contributed by atoms with van der Waals surface area (Å²) in [7, 11) is 0. The average molecular weight is 473 g/mol. The summed E-state index contributed by atoms with van der Waals surface area (Å²) in [6.45, 7) is 1.66. The van der Waals surface area contributed by atoms with E-state index >= 15 is 0 Å². The topological polar surface area (TPSA) is 94.0 Å². The van der Waals surface area contributed by atoms with Crippen molar-refractivity contribution in [2.24, 2.45) is 0 Å². The van der Waals surface area contributed by atoms with Gasteiger partial charge in [0.2, 0.25) is 0 Å². The second kappa shape index (κ2) is 9.59. The Kier molecular flexibility index (Phi) is 7.06. The molecule has 4 rings (SSSR count). The van der Waals surface area contributed by atoms with E-state index in [1.165, 1.54) is 18.3 Å². The molecule has 2 N–H and O–H groups in total. The number of anilines is 1. The zero-order chi connectivity index (χ0) is 22.0. The van der Waals surface area contributed by atoms with Crippen molar-refractivity contribution in [2.75, 3.05) is 25.0 Å². The highest BCUT2D eigenvalue weighted by atomic mass is 35.5. The Bertz CT molecular complexity index is 1100. The third-order valence-electron chi connectivity index (χ3n) is 4.56. The molecule has 2 aromatic heterocycles. The average Bonchev–Trinajstić information content (AvgIpc) is 3.25. The molecule has 170 valence electrons. The maximum absolute atomic E-state index is 14.5. The monoisotopic (exact) mass is 472 g/mol. The summed E-state index contributed by atoms with van der Waals surface area (Å²) in [6, 6.07) is 4.96. The molecule has 0 bridgehead atoms. The van der Waals surface area contributed by atoms with Crippen LogP contribution in [0.2, 0.25) is 0 Å². The fraction of sp³-hybridized carbons (Fsp3) is 0.263. The minimum atomic E-state index is -4.64. The van der Waals surface area contributed by atoms with Crippen LogP contribution in [0.3, 0.4) is 0 Å². The number of nitrogens with one attached hydrogen (secondary N) is 2. The molecule has 1 aliphatic heterocycles. The van der Waals surface area contributed by atoms with E-state index in [0.29, 0.717) is 31.3 Å². The number of morpholine rings is 1. The Morgan fingerprint density at radius 1 is 1.25 bits per heavy atom. The number of carbonyl (C=O) groups is 1. The van der Waals surface area contributed by atoms with E-state index in [-0.39, 0.29) is 29.5 Å². The van der Waals surface area contributed by atoms with E-state index in [0.717, 1.165) is 17.2 Å². The number of halogens is 5. The molecule has 13 heteroatoms. The predicted molar refractivity (Wildman–Crippen MR) is 107 cm³/mol. The number of aromatic nitrogens is 4. The smallest absolute Gasteiger partial charge is 0.371 e. The Morgan fingerprint density at radius 2 is 2.06 bits per heavy atom. The zero-order valence-electron chi connectivity index (χ0n) is 16.3.